The fraction of sp³-hybridized carbons (Fsp3) is 0.389. The summed E-state index contributed by atoms with van der Waals surface area (Å²) >= 11 is 0. The monoisotopic (exact) mass is 342 g/mol. The maximum atomic E-state index is 13.2. The molecule has 2 heterocycles. The zero-order valence-corrected chi connectivity index (χ0v) is 13.8. The minimum Gasteiger partial charge on any atom is -0.439 e. The summed E-state index contributed by atoms with van der Waals surface area (Å²) in [5.41, 5.74) is 0. The van der Waals surface area contributed by atoms with Gasteiger partial charge in [0.05, 0.1) is 0 Å². The predicted octanol–water partition coefficient (Wildman–Crippen LogP) is 2.47. The van der Waals surface area contributed by atoms with Crippen LogP contribution in [0.25, 0.3) is 0 Å². The van der Waals surface area contributed by atoms with Gasteiger partial charge in [0.15, 0.2) is 0 Å². The Labute approximate surface area is 145 Å². The normalized spacial score (nSPS) is 17.5. The molecule has 1 saturated heterocycles. The molecule has 0 spiro atoms. The van der Waals surface area contributed by atoms with Crippen molar-refractivity contribution in [3.8, 4) is 11.6 Å². The first-order valence-electron chi connectivity index (χ1n) is 8.48. The predicted molar refractivity (Wildman–Crippen MR) is 90.0 cm³/mol. The Bertz CT molecular complexity index is 773. The van der Waals surface area contributed by atoms with E-state index in [2.05, 4.69) is 14.9 Å². The van der Waals surface area contributed by atoms with Gasteiger partial charge < -0.3 is 14.5 Å². The first-order chi connectivity index (χ1) is 12.2. The Kier molecular flexibility index (Phi) is 4.21. The summed E-state index contributed by atoms with van der Waals surface area (Å²) in [6, 6.07) is 7.67. The van der Waals surface area contributed by atoms with Crippen LogP contribution >= 0.6 is 0 Å². The number of amides is 1. The molecule has 4 rings (SSSR count). The molecular formula is C18H19FN4O2. The second kappa shape index (κ2) is 6.66. The average molecular weight is 342 g/mol. The van der Waals surface area contributed by atoms with Crippen molar-refractivity contribution in [2.45, 2.75) is 12.8 Å². The average Bonchev–Trinajstić information content (AvgIpc) is 3.47. The van der Waals surface area contributed by atoms with Crippen LogP contribution in [-0.2, 0) is 4.79 Å². The van der Waals surface area contributed by atoms with E-state index in [4.69, 9.17) is 4.74 Å². The molecule has 25 heavy (non-hydrogen) atoms. The maximum absolute atomic E-state index is 13.2. The molecule has 1 aromatic heterocycles. The fourth-order valence-electron chi connectivity index (χ4n) is 2.95. The lowest BCUT2D eigenvalue weighted by atomic mass is 10.2. The number of hydrogen-bond acceptors (Lipinski definition) is 5. The van der Waals surface area contributed by atoms with Gasteiger partial charge in [-0.25, -0.2) is 14.4 Å². The highest BCUT2D eigenvalue weighted by Gasteiger charge is 2.34. The highest BCUT2D eigenvalue weighted by atomic mass is 19.1. The fourth-order valence-corrected chi connectivity index (χ4v) is 2.95. The van der Waals surface area contributed by atoms with Gasteiger partial charge in [-0.15, -0.1) is 0 Å². The van der Waals surface area contributed by atoms with Crippen molar-refractivity contribution in [1.82, 2.24) is 14.9 Å². The van der Waals surface area contributed by atoms with E-state index < -0.39 is 0 Å². The van der Waals surface area contributed by atoms with Gasteiger partial charge in [0.25, 0.3) is 0 Å². The Morgan fingerprint density at radius 1 is 1.12 bits per heavy atom. The summed E-state index contributed by atoms with van der Waals surface area (Å²) in [5.74, 6) is 1.70. The van der Waals surface area contributed by atoms with Crippen LogP contribution in [0.1, 0.15) is 12.8 Å². The third kappa shape index (κ3) is 3.70. The van der Waals surface area contributed by atoms with Gasteiger partial charge in [-0.1, -0.05) is 6.07 Å². The van der Waals surface area contributed by atoms with E-state index in [1.807, 2.05) is 4.90 Å². The van der Waals surface area contributed by atoms with Crippen LogP contribution in [-0.4, -0.2) is 47.0 Å². The first-order valence-corrected chi connectivity index (χ1v) is 8.48. The van der Waals surface area contributed by atoms with Gasteiger partial charge in [0.2, 0.25) is 11.8 Å². The van der Waals surface area contributed by atoms with E-state index in [-0.39, 0.29) is 17.6 Å². The van der Waals surface area contributed by atoms with Crippen molar-refractivity contribution in [3.63, 3.8) is 0 Å². The summed E-state index contributed by atoms with van der Waals surface area (Å²) < 4.78 is 18.9. The molecule has 1 saturated carbocycles. The number of carbonyl (C=O) groups excluding carboxylic acids is 1. The van der Waals surface area contributed by atoms with Crippen LogP contribution in [0.3, 0.4) is 0 Å². The van der Waals surface area contributed by atoms with Crippen molar-refractivity contribution < 1.29 is 13.9 Å². The van der Waals surface area contributed by atoms with Gasteiger partial charge in [0.1, 0.15) is 23.7 Å². The van der Waals surface area contributed by atoms with E-state index in [1.165, 1.54) is 18.5 Å². The van der Waals surface area contributed by atoms with Gasteiger partial charge in [-0.3, -0.25) is 4.79 Å². The van der Waals surface area contributed by atoms with Crippen molar-refractivity contribution >= 4 is 11.7 Å². The smallest absolute Gasteiger partial charge is 0.225 e. The Morgan fingerprint density at radius 2 is 1.92 bits per heavy atom. The van der Waals surface area contributed by atoms with E-state index in [0.717, 1.165) is 31.7 Å². The first kappa shape index (κ1) is 15.8. The number of halogens is 1. The number of aromatic nitrogens is 2. The number of rotatable bonds is 4. The van der Waals surface area contributed by atoms with Crippen LogP contribution in [0.4, 0.5) is 10.2 Å². The lowest BCUT2D eigenvalue weighted by Gasteiger charge is -2.35. The van der Waals surface area contributed by atoms with Gasteiger partial charge in [-0.2, -0.15) is 0 Å². The summed E-state index contributed by atoms with van der Waals surface area (Å²) in [4.78, 5) is 24.6. The second-order valence-electron chi connectivity index (χ2n) is 6.36. The molecular weight excluding hydrogens is 323 g/mol. The topological polar surface area (TPSA) is 58.6 Å². The van der Waals surface area contributed by atoms with Crippen LogP contribution in [0, 0.1) is 11.7 Å². The molecule has 0 unspecified atom stereocenters. The van der Waals surface area contributed by atoms with Gasteiger partial charge in [0, 0.05) is 44.2 Å². The number of carbonyl (C=O) groups is 1. The van der Waals surface area contributed by atoms with E-state index in [0.29, 0.717) is 24.7 Å². The van der Waals surface area contributed by atoms with E-state index in [9.17, 15) is 9.18 Å². The molecule has 0 atom stereocenters. The Balaban J connectivity index is 1.40. The van der Waals surface area contributed by atoms with E-state index >= 15 is 0 Å². The molecule has 2 fully saturated rings. The number of anilines is 1. The molecule has 1 aliphatic carbocycles. The molecule has 0 radical (unpaired) electrons. The zero-order chi connectivity index (χ0) is 17.2. The molecule has 1 aliphatic heterocycles. The van der Waals surface area contributed by atoms with Crippen LogP contribution in [0.2, 0.25) is 0 Å². The number of piperazine rings is 1. The van der Waals surface area contributed by atoms with Crippen molar-refractivity contribution in [2.75, 3.05) is 31.1 Å². The lowest BCUT2D eigenvalue weighted by molar-refractivity contribution is -0.132. The quantitative estimate of drug-likeness (QED) is 0.854. The lowest BCUT2D eigenvalue weighted by Crippen LogP contribution is -2.49. The second-order valence-corrected chi connectivity index (χ2v) is 6.36. The maximum Gasteiger partial charge on any atom is 0.225 e. The van der Waals surface area contributed by atoms with Gasteiger partial charge >= 0.3 is 0 Å². The number of ether oxygens (including phenoxy) is 1. The van der Waals surface area contributed by atoms with Crippen molar-refractivity contribution in [3.05, 3.63) is 42.5 Å². The molecule has 1 aromatic carbocycles. The molecule has 2 aliphatic rings. The third-order valence-electron chi connectivity index (χ3n) is 4.49. The molecule has 0 bridgehead atoms. The summed E-state index contributed by atoms with van der Waals surface area (Å²) in [7, 11) is 0. The molecule has 0 N–H and O–H groups in total. The van der Waals surface area contributed by atoms with Crippen LogP contribution in [0.5, 0.6) is 11.6 Å². The SMILES string of the molecule is O=C(C1CC1)N1CCN(c2cc(Oc3cccc(F)c3)ncn2)CC1. The van der Waals surface area contributed by atoms with Crippen LogP contribution < -0.4 is 9.64 Å². The minimum atomic E-state index is -0.358. The Hall–Kier alpha value is -2.70. The summed E-state index contributed by atoms with van der Waals surface area (Å²) in [6.45, 7) is 2.88. The molecule has 1 amide bonds. The zero-order valence-electron chi connectivity index (χ0n) is 13.8. The molecule has 6 nitrogen and oxygen atoms in total. The molecule has 7 heteroatoms. The largest absolute Gasteiger partial charge is 0.439 e. The summed E-state index contributed by atoms with van der Waals surface area (Å²) in [6.07, 6.45) is 3.50. The number of nitrogens with zero attached hydrogens (tertiary/aromatic N) is 4. The highest BCUT2D eigenvalue weighted by Crippen LogP contribution is 2.31. The number of benzene rings is 1. The third-order valence-corrected chi connectivity index (χ3v) is 4.49. The van der Waals surface area contributed by atoms with Crippen molar-refractivity contribution in [2.24, 2.45) is 5.92 Å². The summed E-state index contributed by atoms with van der Waals surface area (Å²) in [5, 5.41) is 0. The minimum absolute atomic E-state index is 0.261. The van der Waals surface area contributed by atoms with Gasteiger partial charge in [-0.05, 0) is 25.0 Å². The van der Waals surface area contributed by atoms with Crippen molar-refractivity contribution in [1.29, 1.82) is 0 Å². The standard InChI is InChI=1S/C18H19FN4O2/c19-14-2-1-3-15(10-14)25-17-11-16(20-12-21-17)22-6-8-23(9-7-22)18(24)13-4-5-13/h1-3,10-13H,4-9H2. The Morgan fingerprint density at radius 3 is 2.64 bits per heavy atom. The highest BCUT2D eigenvalue weighted by molar-refractivity contribution is 5.81. The molecule has 130 valence electrons. The van der Waals surface area contributed by atoms with E-state index in [1.54, 1.807) is 18.2 Å². The number of hydrogen-bond donors (Lipinski definition) is 0. The van der Waals surface area contributed by atoms with Crippen LogP contribution in [0.15, 0.2) is 36.7 Å². The molecule has 2 aromatic rings.